The predicted molar refractivity (Wildman–Crippen MR) is 38.2 cm³/mol. The quantitative estimate of drug-likeness (QED) is 0.322. The van der Waals surface area contributed by atoms with Crippen LogP contribution in [0.1, 0.15) is 12.8 Å². The second-order valence-corrected chi connectivity index (χ2v) is 2.55. The average Bonchev–Trinajstić information content (AvgIpc) is 1.99. The molecule has 0 aromatic rings. The molecule has 0 aliphatic rings. The number of aliphatic carboxylic acids is 2. The van der Waals surface area contributed by atoms with Crippen molar-refractivity contribution in [2.75, 3.05) is 0 Å². The summed E-state index contributed by atoms with van der Waals surface area (Å²) in [6, 6.07) is 0. The minimum Gasteiger partial charge on any atom is -0.481 e. The molecule has 0 atom stereocenters. The first kappa shape index (κ1) is 12.3. The Balaban J connectivity index is 4.74. The molecule has 0 fully saturated rings. The standard InChI is InChI=1S/C6H8O8/c7-3(8)1-6(12,2-4(9)10)5(11)14-13/h12-13H,1-2H2,(H,7,8)(H,9,10). The van der Waals surface area contributed by atoms with E-state index in [-0.39, 0.29) is 0 Å². The topological polar surface area (TPSA) is 141 Å². The first-order valence-corrected chi connectivity index (χ1v) is 3.33. The fourth-order valence-electron chi connectivity index (χ4n) is 0.792. The van der Waals surface area contributed by atoms with Crippen molar-refractivity contribution in [1.82, 2.24) is 0 Å². The lowest BCUT2D eigenvalue weighted by molar-refractivity contribution is -0.253. The van der Waals surface area contributed by atoms with Crippen LogP contribution < -0.4 is 0 Å². The van der Waals surface area contributed by atoms with Gasteiger partial charge in [0, 0.05) is 0 Å². The van der Waals surface area contributed by atoms with Crippen LogP contribution in [-0.2, 0) is 19.3 Å². The van der Waals surface area contributed by atoms with Crippen LogP contribution in [0.15, 0.2) is 0 Å². The minimum absolute atomic E-state index is 1.17. The molecule has 0 amide bonds. The van der Waals surface area contributed by atoms with Gasteiger partial charge in [-0.15, -0.1) is 0 Å². The summed E-state index contributed by atoms with van der Waals surface area (Å²) in [5.41, 5.74) is -2.76. The van der Waals surface area contributed by atoms with Gasteiger partial charge in [-0.25, -0.2) is 4.79 Å². The van der Waals surface area contributed by atoms with E-state index in [0.717, 1.165) is 0 Å². The molecule has 0 saturated carbocycles. The number of carbonyl (C=O) groups excluding carboxylic acids is 1. The van der Waals surface area contributed by atoms with Crippen molar-refractivity contribution in [2.45, 2.75) is 18.4 Å². The second-order valence-electron chi connectivity index (χ2n) is 2.55. The molecule has 8 heteroatoms. The molecular formula is C6H8O8. The molecule has 0 heterocycles. The molecule has 0 aliphatic heterocycles. The van der Waals surface area contributed by atoms with Crippen molar-refractivity contribution < 1.29 is 39.8 Å². The van der Waals surface area contributed by atoms with E-state index in [2.05, 4.69) is 4.89 Å². The van der Waals surface area contributed by atoms with Gasteiger partial charge in [0.15, 0.2) is 5.60 Å². The Morgan fingerprint density at radius 1 is 1.07 bits per heavy atom. The number of carboxylic acid groups (broad SMARTS) is 2. The van der Waals surface area contributed by atoms with E-state index in [1.807, 2.05) is 0 Å². The van der Waals surface area contributed by atoms with E-state index in [0.29, 0.717) is 0 Å². The average molecular weight is 208 g/mol. The molecule has 14 heavy (non-hydrogen) atoms. The van der Waals surface area contributed by atoms with E-state index in [1.54, 1.807) is 0 Å². The van der Waals surface area contributed by atoms with Crippen molar-refractivity contribution in [3.8, 4) is 0 Å². The van der Waals surface area contributed by atoms with Gasteiger partial charge in [0.2, 0.25) is 0 Å². The van der Waals surface area contributed by atoms with Gasteiger partial charge in [0.25, 0.3) is 0 Å². The van der Waals surface area contributed by atoms with E-state index in [4.69, 9.17) is 15.5 Å². The van der Waals surface area contributed by atoms with Gasteiger partial charge in [0.05, 0.1) is 12.8 Å². The number of rotatable bonds is 5. The molecule has 0 spiro atoms. The molecule has 0 aliphatic carbocycles. The highest BCUT2D eigenvalue weighted by molar-refractivity contribution is 5.88. The summed E-state index contributed by atoms with van der Waals surface area (Å²) in [6.07, 6.45) is -2.34. The normalized spacial score (nSPS) is 10.7. The smallest absolute Gasteiger partial charge is 0.374 e. The third-order valence-corrected chi connectivity index (χ3v) is 1.35. The molecule has 0 saturated heterocycles. The number of hydrogen-bond acceptors (Lipinski definition) is 6. The fourth-order valence-corrected chi connectivity index (χ4v) is 0.792. The van der Waals surface area contributed by atoms with Gasteiger partial charge in [-0.05, 0) is 0 Å². The van der Waals surface area contributed by atoms with Gasteiger partial charge in [-0.2, -0.15) is 5.26 Å². The van der Waals surface area contributed by atoms with Gasteiger partial charge in [-0.1, -0.05) is 0 Å². The van der Waals surface area contributed by atoms with Crippen LogP contribution >= 0.6 is 0 Å². The summed E-state index contributed by atoms with van der Waals surface area (Å²) in [7, 11) is 0. The van der Waals surface area contributed by atoms with Crippen LogP contribution in [0, 0.1) is 0 Å². The van der Waals surface area contributed by atoms with Crippen LogP contribution in [0.4, 0.5) is 0 Å². The fraction of sp³-hybridized carbons (Fsp3) is 0.500. The molecule has 0 radical (unpaired) electrons. The van der Waals surface area contributed by atoms with Crippen LogP contribution in [0.5, 0.6) is 0 Å². The molecule has 4 N–H and O–H groups in total. The van der Waals surface area contributed by atoms with E-state index in [1.165, 1.54) is 0 Å². The molecule has 0 bridgehead atoms. The van der Waals surface area contributed by atoms with E-state index < -0.39 is 36.4 Å². The second kappa shape index (κ2) is 4.53. The van der Waals surface area contributed by atoms with Crippen LogP contribution in [0.2, 0.25) is 0 Å². The van der Waals surface area contributed by atoms with Crippen molar-refractivity contribution >= 4 is 17.9 Å². The van der Waals surface area contributed by atoms with Crippen molar-refractivity contribution in [2.24, 2.45) is 0 Å². The molecule has 0 rings (SSSR count). The maximum atomic E-state index is 10.7. The third kappa shape index (κ3) is 3.37. The Morgan fingerprint density at radius 3 is 1.64 bits per heavy atom. The Bertz CT molecular complexity index is 241. The Kier molecular flexibility index (Phi) is 3.99. The van der Waals surface area contributed by atoms with Crippen LogP contribution in [0.3, 0.4) is 0 Å². The number of hydrogen-bond donors (Lipinski definition) is 4. The summed E-state index contributed by atoms with van der Waals surface area (Å²) >= 11 is 0. The maximum Gasteiger partial charge on any atom is 0.374 e. The number of carboxylic acids is 2. The summed E-state index contributed by atoms with van der Waals surface area (Å²) in [6.45, 7) is 0. The summed E-state index contributed by atoms with van der Waals surface area (Å²) in [4.78, 5) is 34.1. The van der Waals surface area contributed by atoms with Crippen molar-refractivity contribution in [3.05, 3.63) is 0 Å². The van der Waals surface area contributed by atoms with Gasteiger partial charge >= 0.3 is 17.9 Å². The van der Waals surface area contributed by atoms with E-state index >= 15 is 0 Å². The Morgan fingerprint density at radius 2 is 1.43 bits per heavy atom. The predicted octanol–water partition coefficient (Wildman–Crippen LogP) is -1.32. The van der Waals surface area contributed by atoms with Gasteiger partial charge < -0.3 is 15.3 Å². The molecule has 0 aromatic heterocycles. The lowest BCUT2D eigenvalue weighted by atomic mass is 9.96. The molecule has 0 aromatic carbocycles. The van der Waals surface area contributed by atoms with Gasteiger partial charge in [-0.3, -0.25) is 14.5 Å². The maximum absolute atomic E-state index is 10.7. The minimum atomic E-state index is -2.76. The van der Waals surface area contributed by atoms with Crippen LogP contribution in [0.25, 0.3) is 0 Å². The highest BCUT2D eigenvalue weighted by Crippen LogP contribution is 2.17. The number of carbonyl (C=O) groups is 3. The lowest BCUT2D eigenvalue weighted by Gasteiger charge is -2.19. The molecule has 8 nitrogen and oxygen atoms in total. The summed E-state index contributed by atoms with van der Waals surface area (Å²) in [5, 5.41) is 33.7. The zero-order valence-corrected chi connectivity index (χ0v) is 6.84. The molecule has 80 valence electrons. The largest absolute Gasteiger partial charge is 0.481 e. The monoisotopic (exact) mass is 208 g/mol. The third-order valence-electron chi connectivity index (χ3n) is 1.35. The highest BCUT2D eigenvalue weighted by atomic mass is 17.1. The van der Waals surface area contributed by atoms with Crippen molar-refractivity contribution in [3.63, 3.8) is 0 Å². The summed E-state index contributed by atoms with van der Waals surface area (Å²) in [5.74, 6) is -4.92. The summed E-state index contributed by atoms with van der Waals surface area (Å²) < 4.78 is 0. The number of aliphatic hydroxyl groups is 1. The highest BCUT2D eigenvalue weighted by Gasteiger charge is 2.42. The Hall–Kier alpha value is -1.67. The first-order valence-electron chi connectivity index (χ1n) is 3.33. The van der Waals surface area contributed by atoms with E-state index in [9.17, 15) is 19.5 Å². The Labute approximate surface area is 77.3 Å². The lowest BCUT2D eigenvalue weighted by Crippen LogP contribution is -2.43. The molecule has 0 unspecified atom stereocenters. The van der Waals surface area contributed by atoms with Crippen molar-refractivity contribution in [1.29, 1.82) is 0 Å². The molecular weight excluding hydrogens is 200 g/mol. The first-order chi connectivity index (χ1) is 6.31. The van der Waals surface area contributed by atoms with Gasteiger partial charge in [0.1, 0.15) is 0 Å². The zero-order chi connectivity index (χ0) is 11.4. The SMILES string of the molecule is O=C(O)CC(O)(CC(=O)O)C(=O)OO. The van der Waals surface area contributed by atoms with Crippen LogP contribution in [-0.4, -0.2) is 44.1 Å². The zero-order valence-electron chi connectivity index (χ0n) is 6.84.